The van der Waals surface area contributed by atoms with Crippen LogP contribution in [0.3, 0.4) is 0 Å². The summed E-state index contributed by atoms with van der Waals surface area (Å²) in [6, 6.07) is 16.0. The van der Waals surface area contributed by atoms with Crippen molar-refractivity contribution in [2.75, 3.05) is 7.11 Å². The highest BCUT2D eigenvalue weighted by molar-refractivity contribution is 5.89. The van der Waals surface area contributed by atoms with Crippen molar-refractivity contribution in [3.05, 3.63) is 65.2 Å². The smallest absolute Gasteiger partial charge is 0.338 e. The molecule has 2 aromatic carbocycles. The molecule has 3 aliphatic carbocycles. The molecule has 3 nitrogen and oxygen atoms in total. The number of ether oxygens (including phenoxy) is 2. The molecule has 5 rings (SSSR count). The molecule has 0 heterocycles. The molecule has 3 heteroatoms. The van der Waals surface area contributed by atoms with E-state index in [1.165, 1.54) is 30.4 Å². The topological polar surface area (TPSA) is 35.5 Å². The maximum absolute atomic E-state index is 12.5. The van der Waals surface area contributed by atoms with Crippen LogP contribution in [0.5, 0.6) is 5.75 Å². The van der Waals surface area contributed by atoms with Crippen LogP contribution in [-0.4, -0.2) is 19.2 Å². The molecule has 0 spiro atoms. The van der Waals surface area contributed by atoms with Crippen LogP contribution < -0.4 is 4.74 Å². The Morgan fingerprint density at radius 2 is 1.83 bits per heavy atom. The van der Waals surface area contributed by atoms with Gasteiger partial charge in [-0.05, 0) is 97.4 Å². The van der Waals surface area contributed by atoms with E-state index in [-0.39, 0.29) is 12.1 Å². The Labute approximate surface area is 179 Å². The van der Waals surface area contributed by atoms with Gasteiger partial charge in [0.05, 0.1) is 12.7 Å². The second-order valence-electron chi connectivity index (χ2n) is 9.73. The Bertz CT molecular complexity index is 921. The highest BCUT2D eigenvalue weighted by Gasteiger charge is 2.52. The van der Waals surface area contributed by atoms with E-state index in [4.69, 9.17) is 9.47 Å². The molecule has 5 atom stereocenters. The Morgan fingerprint density at radius 1 is 1.00 bits per heavy atom. The Hall–Kier alpha value is -2.29. The van der Waals surface area contributed by atoms with Crippen molar-refractivity contribution in [3.8, 4) is 5.75 Å². The van der Waals surface area contributed by atoms with Crippen molar-refractivity contribution in [1.82, 2.24) is 0 Å². The molecule has 0 saturated heterocycles. The van der Waals surface area contributed by atoms with Crippen LogP contribution >= 0.6 is 0 Å². The molecule has 2 aromatic rings. The van der Waals surface area contributed by atoms with E-state index < -0.39 is 0 Å². The number of carbonyl (C=O) groups excluding carboxylic acids is 1. The number of hydrogen-bond acceptors (Lipinski definition) is 3. The lowest BCUT2D eigenvalue weighted by Gasteiger charge is -2.56. The summed E-state index contributed by atoms with van der Waals surface area (Å²) >= 11 is 0. The third-order valence-corrected chi connectivity index (χ3v) is 8.42. The molecule has 0 bridgehead atoms. The molecule has 158 valence electrons. The summed E-state index contributed by atoms with van der Waals surface area (Å²) in [6.07, 6.45) is 8.06. The quantitative estimate of drug-likeness (QED) is 0.574. The van der Waals surface area contributed by atoms with Crippen LogP contribution in [-0.2, 0) is 11.2 Å². The molecule has 0 amide bonds. The van der Waals surface area contributed by atoms with Gasteiger partial charge in [-0.25, -0.2) is 4.79 Å². The van der Waals surface area contributed by atoms with Crippen molar-refractivity contribution < 1.29 is 14.3 Å². The monoisotopic (exact) mass is 404 g/mol. The minimum Gasteiger partial charge on any atom is -0.496 e. The van der Waals surface area contributed by atoms with Gasteiger partial charge in [-0.1, -0.05) is 37.3 Å². The predicted octanol–water partition coefficient (Wildman–Crippen LogP) is 6.17. The van der Waals surface area contributed by atoms with Crippen molar-refractivity contribution >= 4 is 5.97 Å². The van der Waals surface area contributed by atoms with E-state index in [1.54, 1.807) is 7.11 Å². The average Bonchev–Trinajstić information content (AvgIpc) is 2.79. The number of esters is 1. The van der Waals surface area contributed by atoms with Crippen molar-refractivity contribution in [2.45, 2.75) is 63.9 Å². The second-order valence-corrected chi connectivity index (χ2v) is 9.73. The average molecular weight is 405 g/mol. The normalized spacial score (nSPS) is 32.3. The number of hydrogen-bond donors (Lipinski definition) is 0. The fraction of sp³-hybridized carbons (Fsp3) is 0.519. The van der Waals surface area contributed by atoms with Gasteiger partial charge in [0.15, 0.2) is 0 Å². The fourth-order valence-electron chi connectivity index (χ4n) is 6.85. The second kappa shape index (κ2) is 7.76. The van der Waals surface area contributed by atoms with Crippen LogP contribution in [0.25, 0.3) is 0 Å². The van der Waals surface area contributed by atoms with Crippen LogP contribution in [0, 0.1) is 17.3 Å². The number of rotatable bonds is 3. The lowest BCUT2D eigenvalue weighted by atomic mass is 9.49. The van der Waals surface area contributed by atoms with Gasteiger partial charge in [0.25, 0.3) is 0 Å². The molecule has 30 heavy (non-hydrogen) atoms. The van der Waals surface area contributed by atoms with E-state index in [2.05, 4.69) is 25.1 Å². The number of fused-ring (bicyclic) bond motifs is 5. The summed E-state index contributed by atoms with van der Waals surface area (Å²) in [5.41, 5.74) is 3.98. The third-order valence-electron chi connectivity index (χ3n) is 8.42. The van der Waals surface area contributed by atoms with E-state index in [0.717, 1.165) is 37.4 Å². The summed E-state index contributed by atoms with van der Waals surface area (Å²) < 4.78 is 11.6. The van der Waals surface area contributed by atoms with Crippen LogP contribution in [0.2, 0.25) is 0 Å². The van der Waals surface area contributed by atoms with Gasteiger partial charge in [-0.2, -0.15) is 0 Å². The first kappa shape index (κ1) is 19.7. The first-order chi connectivity index (χ1) is 14.6. The van der Waals surface area contributed by atoms with E-state index in [0.29, 0.717) is 22.8 Å². The zero-order valence-electron chi connectivity index (χ0n) is 18.1. The number of carbonyl (C=O) groups is 1. The lowest BCUT2D eigenvalue weighted by molar-refractivity contribution is -0.0682. The molecular weight excluding hydrogens is 372 g/mol. The summed E-state index contributed by atoms with van der Waals surface area (Å²) in [6.45, 7) is 2.52. The predicted molar refractivity (Wildman–Crippen MR) is 118 cm³/mol. The highest BCUT2D eigenvalue weighted by Crippen LogP contribution is 2.61. The summed E-state index contributed by atoms with van der Waals surface area (Å²) in [7, 11) is 1.79. The fourth-order valence-corrected chi connectivity index (χ4v) is 6.85. The Kier molecular flexibility index (Phi) is 5.08. The minimum atomic E-state index is -0.170. The molecule has 3 aliphatic rings. The highest BCUT2D eigenvalue weighted by atomic mass is 16.5. The first-order valence-corrected chi connectivity index (χ1v) is 11.5. The summed E-state index contributed by atoms with van der Waals surface area (Å²) in [5, 5.41) is 0. The molecule has 2 saturated carbocycles. The van der Waals surface area contributed by atoms with Gasteiger partial charge in [0, 0.05) is 0 Å². The summed E-state index contributed by atoms with van der Waals surface area (Å²) in [4.78, 5) is 12.5. The lowest BCUT2D eigenvalue weighted by Crippen LogP contribution is -2.49. The summed E-state index contributed by atoms with van der Waals surface area (Å²) in [5.74, 6) is 2.91. The zero-order chi connectivity index (χ0) is 20.7. The van der Waals surface area contributed by atoms with E-state index in [9.17, 15) is 4.79 Å². The molecular formula is C27H32O3. The molecule has 0 N–H and O–H groups in total. The minimum absolute atomic E-state index is 0.0586. The van der Waals surface area contributed by atoms with Gasteiger partial charge in [-0.15, -0.1) is 0 Å². The zero-order valence-corrected chi connectivity index (χ0v) is 18.1. The van der Waals surface area contributed by atoms with Crippen LogP contribution in [0.1, 0.15) is 72.9 Å². The van der Waals surface area contributed by atoms with Crippen LogP contribution in [0.15, 0.2) is 48.5 Å². The van der Waals surface area contributed by atoms with Gasteiger partial charge < -0.3 is 9.47 Å². The third kappa shape index (κ3) is 3.23. The largest absolute Gasteiger partial charge is 0.496 e. The maximum atomic E-state index is 12.5. The van der Waals surface area contributed by atoms with Gasteiger partial charge in [0.1, 0.15) is 11.9 Å². The Balaban J connectivity index is 1.32. The molecule has 0 radical (unpaired) electrons. The first-order valence-electron chi connectivity index (χ1n) is 11.5. The van der Waals surface area contributed by atoms with E-state index in [1.807, 2.05) is 30.3 Å². The van der Waals surface area contributed by atoms with Gasteiger partial charge >= 0.3 is 5.97 Å². The SMILES string of the molecule is COc1cccc2c1CCC1C2CCC2CC(OC(=O)c3ccccc3)CCC21C. The maximum Gasteiger partial charge on any atom is 0.338 e. The van der Waals surface area contributed by atoms with Crippen LogP contribution in [0.4, 0.5) is 0 Å². The molecule has 0 aromatic heterocycles. The van der Waals surface area contributed by atoms with Crippen molar-refractivity contribution in [2.24, 2.45) is 17.3 Å². The van der Waals surface area contributed by atoms with Gasteiger partial charge in [0.2, 0.25) is 0 Å². The number of benzene rings is 2. The number of methoxy groups -OCH3 is 1. The molecule has 5 unspecified atom stereocenters. The van der Waals surface area contributed by atoms with Crippen molar-refractivity contribution in [1.29, 1.82) is 0 Å². The van der Waals surface area contributed by atoms with Gasteiger partial charge in [-0.3, -0.25) is 0 Å². The molecule has 0 aliphatic heterocycles. The standard InChI is InChI=1S/C27H32O3/c1-27-16-15-20(30-26(28)18-7-4-3-5-8-18)17-19(27)11-12-22-21-9-6-10-25(29-2)23(21)13-14-24(22)27/h3-10,19-20,22,24H,11-17H2,1-2H3. The molecule has 2 fully saturated rings. The Morgan fingerprint density at radius 3 is 2.63 bits per heavy atom. The van der Waals surface area contributed by atoms with E-state index >= 15 is 0 Å². The van der Waals surface area contributed by atoms with Crippen molar-refractivity contribution in [3.63, 3.8) is 0 Å².